The smallest absolute Gasteiger partial charge is 0.127 e. The summed E-state index contributed by atoms with van der Waals surface area (Å²) >= 11 is 0. The van der Waals surface area contributed by atoms with Crippen LogP contribution in [-0.2, 0) is 11.2 Å². The Morgan fingerprint density at radius 1 is 1.09 bits per heavy atom. The van der Waals surface area contributed by atoms with E-state index in [9.17, 15) is 5.11 Å². The van der Waals surface area contributed by atoms with Crippen molar-refractivity contribution in [3.63, 3.8) is 0 Å². The number of ether oxygens (including phenoxy) is 2. The summed E-state index contributed by atoms with van der Waals surface area (Å²) in [7, 11) is 0. The van der Waals surface area contributed by atoms with Gasteiger partial charge in [0.1, 0.15) is 17.1 Å². The van der Waals surface area contributed by atoms with Crippen molar-refractivity contribution in [3.05, 3.63) is 22.3 Å². The van der Waals surface area contributed by atoms with Gasteiger partial charge in [-0.2, -0.15) is 0 Å². The van der Waals surface area contributed by atoms with E-state index in [2.05, 4.69) is 18.7 Å². The molecule has 0 spiro atoms. The van der Waals surface area contributed by atoms with Gasteiger partial charge in [-0.1, -0.05) is 0 Å². The summed E-state index contributed by atoms with van der Waals surface area (Å²) in [4.78, 5) is 2.47. The molecule has 1 saturated heterocycles. The van der Waals surface area contributed by atoms with Gasteiger partial charge >= 0.3 is 0 Å². The highest BCUT2D eigenvalue weighted by molar-refractivity contribution is 5.58. The fourth-order valence-electron chi connectivity index (χ4n) is 3.69. The molecule has 0 bridgehead atoms. The summed E-state index contributed by atoms with van der Waals surface area (Å²) in [5.41, 5.74) is 4.08. The van der Waals surface area contributed by atoms with Gasteiger partial charge in [0.15, 0.2) is 0 Å². The normalized spacial score (nSPS) is 25.0. The number of hydrogen-bond acceptors (Lipinski definition) is 4. The molecule has 0 radical (unpaired) electrons. The largest absolute Gasteiger partial charge is 0.507 e. The minimum absolute atomic E-state index is 0.119. The highest BCUT2D eigenvalue weighted by Crippen LogP contribution is 2.44. The van der Waals surface area contributed by atoms with E-state index in [1.54, 1.807) is 0 Å². The fourth-order valence-corrected chi connectivity index (χ4v) is 3.69. The van der Waals surface area contributed by atoms with Gasteiger partial charge in [0.2, 0.25) is 0 Å². The number of hydrogen-bond donors (Lipinski definition) is 1. The first kappa shape index (κ1) is 16.6. The van der Waals surface area contributed by atoms with Crippen molar-refractivity contribution in [2.75, 3.05) is 32.8 Å². The number of morpholine rings is 1. The molecule has 1 atom stereocenters. The minimum atomic E-state index is -0.119. The molecule has 4 heteroatoms. The van der Waals surface area contributed by atoms with E-state index in [0.717, 1.165) is 74.6 Å². The minimum Gasteiger partial charge on any atom is -0.507 e. The molecule has 2 heterocycles. The zero-order valence-electron chi connectivity index (χ0n) is 14.9. The van der Waals surface area contributed by atoms with Crippen molar-refractivity contribution >= 4 is 0 Å². The maximum atomic E-state index is 10.3. The van der Waals surface area contributed by atoms with Crippen LogP contribution in [0, 0.1) is 20.8 Å². The highest BCUT2D eigenvalue weighted by Gasteiger charge is 2.34. The molecule has 2 aliphatic heterocycles. The second-order valence-electron chi connectivity index (χ2n) is 7.29. The predicted molar refractivity (Wildman–Crippen MR) is 91.5 cm³/mol. The number of phenols is 1. The van der Waals surface area contributed by atoms with Gasteiger partial charge in [-0.25, -0.2) is 0 Å². The number of nitrogens with zero attached hydrogens (tertiary/aromatic N) is 1. The van der Waals surface area contributed by atoms with Crippen LogP contribution in [0.25, 0.3) is 0 Å². The van der Waals surface area contributed by atoms with Crippen molar-refractivity contribution in [3.8, 4) is 11.5 Å². The van der Waals surface area contributed by atoms with Crippen molar-refractivity contribution in [1.82, 2.24) is 4.90 Å². The van der Waals surface area contributed by atoms with Gasteiger partial charge in [0, 0.05) is 25.2 Å². The number of aromatic hydroxyl groups is 1. The first-order valence-corrected chi connectivity index (χ1v) is 8.72. The standard InChI is InChI=1S/C19H29NO3/c1-13-14(2)18-16(15(3)17(13)21)5-6-19(4,23-18)7-8-20-9-11-22-12-10-20/h21H,5-12H2,1-4H3. The van der Waals surface area contributed by atoms with Crippen LogP contribution in [0.1, 0.15) is 42.0 Å². The van der Waals surface area contributed by atoms with Crippen LogP contribution in [0.5, 0.6) is 11.5 Å². The lowest BCUT2D eigenvalue weighted by molar-refractivity contribution is 0.0101. The summed E-state index contributed by atoms with van der Waals surface area (Å²) in [5.74, 6) is 1.44. The molecule has 1 N–H and O–H groups in total. The Morgan fingerprint density at radius 3 is 2.48 bits per heavy atom. The summed E-state index contributed by atoms with van der Waals surface area (Å²) in [6.07, 6.45) is 3.02. The average Bonchev–Trinajstić information content (AvgIpc) is 2.57. The molecule has 1 aromatic rings. The number of fused-ring (bicyclic) bond motifs is 1. The van der Waals surface area contributed by atoms with Crippen LogP contribution in [0.15, 0.2) is 0 Å². The Hall–Kier alpha value is -1.26. The zero-order chi connectivity index (χ0) is 16.6. The molecule has 1 aromatic carbocycles. The van der Waals surface area contributed by atoms with Crippen LogP contribution in [0.2, 0.25) is 0 Å². The van der Waals surface area contributed by atoms with Crippen LogP contribution in [0.4, 0.5) is 0 Å². The number of benzene rings is 1. The maximum absolute atomic E-state index is 10.3. The van der Waals surface area contributed by atoms with E-state index in [-0.39, 0.29) is 5.60 Å². The van der Waals surface area contributed by atoms with E-state index < -0.39 is 0 Å². The van der Waals surface area contributed by atoms with E-state index in [1.807, 2.05) is 13.8 Å². The maximum Gasteiger partial charge on any atom is 0.127 e. The number of phenolic OH excluding ortho intramolecular Hbond substituents is 1. The Balaban J connectivity index is 1.76. The van der Waals surface area contributed by atoms with Gasteiger partial charge < -0.3 is 14.6 Å². The van der Waals surface area contributed by atoms with Gasteiger partial charge in [-0.3, -0.25) is 4.90 Å². The Kier molecular flexibility index (Phi) is 4.56. The molecule has 23 heavy (non-hydrogen) atoms. The lowest BCUT2D eigenvalue weighted by Gasteiger charge is -2.39. The van der Waals surface area contributed by atoms with Gasteiger partial charge in [0.05, 0.1) is 13.2 Å². The molecule has 0 saturated carbocycles. The molecule has 2 aliphatic rings. The summed E-state index contributed by atoms with van der Waals surface area (Å²) in [6.45, 7) is 13.1. The predicted octanol–water partition coefficient (Wildman–Crippen LogP) is 3.12. The SMILES string of the molecule is Cc1c(C)c2c(c(C)c1O)CCC(C)(CCN1CCOCC1)O2. The second kappa shape index (κ2) is 6.33. The third-order valence-corrected chi connectivity index (χ3v) is 5.65. The van der Waals surface area contributed by atoms with Crippen LogP contribution in [0.3, 0.4) is 0 Å². The van der Waals surface area contributed by atoms with E-state index in [1.165, 1.54) is 5.56 Å². The lowest BCUT2D eigenvalue weighted by atomic mass is 9.85. The van der Waals surface area contributed by atoms with E-state index in [4.69, 9.17) is 9.47 Å². The lowest BCUT2D eigenvalue weighted by Crippen LogP contribution is -2.43. The van der Waals surface area contributed by atoms with Crippen molar-refractivity contribution in [2.45, 2.75) is 52.6 Å². The highest BCUT2D eigenvalue weighted by atomic mass is 16.5. The molecule has 0 aromatic heterocycles. The Labute approximate surface area is 139 Å². The van der Waals surface area contributed by atoms with Crippen molar-refractivity contribution in [2.24, 2.45) is 0 Å². The first-order valence-electron chi connectivity index (χ1n) is 8.72. The van der Waals surface area contributed by atoms with Gasteiger partial charge in [0.25, 0.3) is 0 Å². The quantitative estimate of drug-likeness (QED) is 0.929. The van der Waals surface area contributed by atoms with Crippen LogP contribution in [-0.4, -0.2) is 48.5 Å². The molecule has 1 fully saturated rings. The fraction of sp³-hybridized carbons (Fsp3) is 0.684. The summed E-state index contributed by atoms with van der Waals surface area (Å²) in [5, 5.41) is 10.3. The van der Waals surface area contributed by atoms with Gasteiger partial charge in [-0.05, 0) is 63.6 Å². The van der Waals surface area contributed by atoms with E-state index >= 15 is 0 Å². The molecule has 3 rings (SSSR count). The van der Waals surface area contributed by atoms with Crippen LogP contribution >= 0.6 is 0 Å². The molecule has 4 nitrogen and oxygen atoms in total. The first-order chi connectivity index (χ1) is 10.9. The molecule has 0 aliphatic carbocycles. The van der Waals surface area contributed by atoms with Crippen molar-refractivity contribution < 1.29 is 14.6 Å². The number of rotatable bonds is 3. The van der Waals surface area contributed by atoms with Crippen molar-refractivity contribution in [1.29, 1.82) is 0 Å². The molecular formula is C19H29NO3. The molecular weight excluding hydrogens is 290 g/mol. The molecule has 1 unspecified atom stereocenters. The zero-order valence-corrected chi connectivity index (χ0v) is 14.9. The Morgan fingerprint density at radius 2 is 1.78 bits per heavy atom. The van der Waals surface area contributed by atoms with Crippen LogP contribution < -0.4 is 4.74 Å². The molecule has 0 amide bonds. The monoisotopic (exact) mass is 319 g/mol. The summed E-state index contributed by atoms with van der Waals surface area (Å²) in [6, 6.07) is 0. The van der Waals surface area contributed by atoms with Gasteiger partial charge in [-0.15, -0.1) is 0 Å². The second-order valence-corrected chi connectivity index (χ2v) is 7.29. The average molecular weight is 319 g/mol. The molecule has 128 valence electrons. The Bertz CT molecular complexity index is 593. The third-order valence-electron chi connectivity index (χ3n) is 5.65. The van der Waals surface area contributed by atoms with E-state index in [0.29, 0.717) is 5.75 Å². The summed E-state index contributed by atoms with van der Waals surface area (Å²) < 4.78 is 11.9. The third kappa shape index (κ3) is 3.20. The topological polar surface area (TPSA) is 41.9 Å².